The fourth-order valence-corrected chi connectivity index (χ4v) is 14.3. The van der Waals surface area contributed by atoms with Crippen LogP contribution in [0.3, 0.4) is 0 Å². The molecule has 0 saturated carbocycles. The monoisotopic (exact) mass is 1370 g/mol. The average Bonchev–Trinajstić information content (AvgIpc) is 1.51. The molecule has 0 unspecified atom stereocenters. The number of nitrogens with zero attached hydrogens (tertiary/aromatic N) is 6. The normalized spacial score (nSPS) is 13.4. The summed E-state index contributed by atoms with van der Waals surface area (Å²) in [5.41, 5.74) is 28.8. The van der Waals surface area contributed by atoms with Crippen molar-refractivity contribution in [2.45, 2.75) is 200 Å². The Balaban J connectivity index is 0.000000173. The van der Waals surface area contributed by atoms with E-state index in [1.165, 1.54) is 78.3 Å². The highest BCUT2D eigenvalue weighted by Crippen LogP contribution is 2.42. The second-order valence-corrected chi connectivity index (χ2v) is 30.7. The van der Waals surface area contributed by atoms with Gasteiger partial charge in [-0.3, -0.25) is 0 Å². The lowest BCUT2D eigenvalue weighted by Crippen LogP contribution is -2.31. The molecule has 0 bridgehead atoms. The van der Waals surface area contributed by atoms with E-state index in [-0.39, 0.29) is 5.92 Å². The molecule has 0 fully saturated rings. The first-order valence-corrected chi connectivity index (χ1v) is 36.9. The highest BCUT2D eigenvalue weighted by Gasteiger charge is 2.34. The van der Waals surface area contributed by atoms with Gasteiger partial charge in [-0.2, -0.15) is 9.13 Å². The highest BCUT2D eigenvalue weighted by atomic mass is 15.2. The molecular weight excluding hydrogens is 1240 g/mol. The molecule has 0 N–H and O–H groups in total. The van der Waals surface area contributed by atoms with Gasteiger partial charge in [0, 0.05) is 67.6 Å². The van der Waals surface area contributed by atoms with Gasteiger partial charge in [0.05, 0.1) is 25.2 Å². The van der Waals surface area contributed by atoms with Gasteiger partial charge in [-0.25, -0.2) is 18.3 Å². The summed E-state index contributed by atoms with van der Waals surface area (Å²) in [5.74, 6) is 1.47. The minimum Gasteiger partial charge on any atom is -0.225 e. The fourth-order valence-electron chi connectivity index (χ4n) is 14.3. The fraction of sp³-hybridized carbons (Fsp3) is 0.375. The zero-order valence-corrected chi connectivity index (χ0v) is 66.3. The van der Waals surface area contributed by atoms with Gasteiger partial charge in [-0.1, -0.05) is 231 Å². The zero-order valence-electron chi connectivity index (χ0n) is 74.3. The molecule has 0 amide bonds. The number of hydrogen-bond acceptors (Lipinski definition) is 0. The summed E-state index contributed by atoms with van der Waals surface area (Å²) in [7, 11) is 8.30. The summed E-state index contributed by atoms with van der Waals surface area (Å²) in [6.45, 7) is 41.9. The van der Waals surface area contributed by atoms with E-state index in [1.54, 1.807) is 12.1 Å². The first kappa shape index (κ1) is 66.3. The molecule has 0 aliphatic carbocycles. The Labute approximate surface area is 626 Å². The smallest absolute Gasteiger partial charge is 0.225 e. The van der Waals surface area contributed by atoms with Crippen molar-refractivity contribution in [2.24, 2.45) is 40.0 Å². The van der Waals surface area contributed by atoms with Gasteiger partial charge in [0.2, 0.25) is 11.4 Å². The predicted octanol–water partition coefficient (Wildman–Crippen LogP) is 23.6. The molecule has 102 heavy (non-hydrogen) atoms. The molecular formula is C96H122N6+4. The van der Waals surface area contributed by atoms with Crippen molar-refractivity contribution in [1.82, 2.24) is 9.13 Å². The van der Waals surface area contributed by atoms with E-state index < -0.39 is 30.9 Å². The van der Waals surface area contributed by atoms with Crippen LogP contribution in [-0.2, 0) is 41.0 Å². The lowest BCUT2D eigenvalue weighted by atomic mass is 9.87. The Morgan fingerprint density at radius 2 is 0.775 bits per heavy atom. The average molecular weight is 1370 g/mol. The van der Waals surface area contributed by atoms with Gasteiger partial charge in [0.1, 0.15) is 25.5 Å². The van der Waals surface area contributed by atoms with Crippen molar-refractivity contribution in [3.05, 3.63) is 272 Å². The van der Waals surface area contributed by atoms with E-state index >= 15 is 0 Å². The second kappa shape index (κ2) is 33.4. The minimum atomic E-state index is -2.11. The van der Waals surface area contributed by atoms with Crippen molar-refractivity contribution >= 4 is 22.1 Å². The van der Waals surface area contributed by atoms with Crippen molar-refractivity contribution < 1.29 is 29.2 Å². The van der Waals surface area contributed by atoms with E-state index in [1.807, 2.05) is 129 Å². The summed E-state index contributed by atoms with van der Waals surface area (Å²) in [6.07, 6.45) is 3.82. The molecule has 0 saturated heterocycles. The van der Waals surface area contributed by atoms with Crippen molar-refractivity contribution in [1.29, 1.82) is 0 Å². The quantitative estimate of drug-likeness (QED) is 0.0862. The summed E-state index contributed by atoms with van der Waals surface area (Å²) >= 11 is 0. The number of hydrogen-bond donors (Lipinski definition) is 0. The third-order valence-corrected chi connectivity index (χ3v) is 19.7. The van der Waals surface area contributed by atoms with Gasteiger partial charge in [-0.05, 0) is 196 Å². The molecule has 8 aromatic carbocycles. The summed E-state index contributed by atoms with van der Waals surface area (Å²) < 4.78 is 79.5. The number of aryl methyl sites for hydroxylation is 10. The maximum atomic E-state index is 9.16. The molecule has 0 atom stereocenters. The molecule has 6 nitrogen and oxygen atoms in total. The van der Waals surface area contributed by atoms with Gasteiger partial charge < -0.3 is 0 Å². The van der Waals surface area contributed by atoms with Gasteiger partial charge in [0.15, 0.2) is 34.5 Å². The number of para-hydroxylation sites is 4. The Hall–Kier alpha value is -9.00. The molecule has 12 aromatic rings. The Morgan fingerprint density at radius 3 is 1.17 bits per heavy atom. The maximum absolute atomic E-state index is 9.16. The summed E-state index contributed by atoms with van der Waals surface area (Å²) in [5, 5.41) is 0. The molecule has 0 aliphatic rings. The number of rotatable bonds is 16. The molecule has 0 radical (unpaired) electrons. The van der Waals surface area contributed by atoms with E-state index in [9.17, 15) is 0 Å². The lowest BCUT2D eigenvalue weighted by molar-refractivity contribution is -0.661. The SMILES string of the molecule is Cc1ccc(-c2ccc(CC(C)C)c[n+]2C)c(C)c1.Cc1ccccc1-c1n(-c2c(C(C)C)cc(C(C)C)cc2C(C)C)c2ccccc2[n+]1C.[2H]C(C)(C)c1cc(C([2H])(C)C)c(-n2c(-c3ccccc3C)[n+](C)c3ccccc32)c(C([2H])(C)C)c1.[2H]C([2H])([2H])c1ccc(-c2ccc(C([2H])([2H])C(C)C)c[n+]2C)c(C)c1. The third-order valence-electron chi connectivity index (χ3n) is 19.7. The molecule has 532 valence electrons. The lowest BCUT2D eigenvalue weighted by Gasteiger charge is -2.21. The van der Waals surface area contributed by atoms with Crippen molar-refractivity contribution in [2.75, 3.05) is 0 Å². The van der Waals surface area contributed by atoms with Crippen LogP contribution >= 0.6 is 0 Å². The van der Waals surface area contributed by atoms with Crippen LogP contribution in [0.25, 0.3) is 78.7 Å². The molecule has 4 heterocycles. The van der Waals surface area contributed by atoms with Crippen LogP contribution in [0.15, 0.2) is 194 Å². The van der Waals surface area contributed by atoms with Gasteiger partial charge >= 0.3 is 0 Å². The molecule has 12 rings (SSSR count). The van der Waals surface area contributed by atoms with Crippen LogP contribution in [0.2, 0.25) is 0 Å². The molecule has 4 aromatic heterocycles. The first-order chi connectivity index (χ1) is 51.2. The van der Waals surface area contributed by atoms with Crippen LogP contribution in [0.5, 0.6) is 0 Å². The number of aromatic nitrogens is 6. The van der Waals surface area contributed by atoms with Gasteiger partial charge in [0.25, 0.3) is 11.6 Å². The zero-order chi connectivity index (χ0) is 81.4. The number of pyridine rings is 2. The Kier molecular flexibility index (Phi) is 21.7. The third kappa shape index (κ3) is 17.2. The maximum Gasteiger partial charge on any atom is 0.295 e. The van der Waals surface area contributed by atoms with Crippen LogP contribution in [0.4, 0.5) is 0 Å². The first-order valence-electron chi connectivity index (χ1n) is 40.9. The number of imidazole rings is 2. The summed E-state index contributed by atoms with van der Waals surface area (Å²) in [6, 6.07) is 63.2. The molecule has 6 heteroatoms. The Morgan fingerprint density at radius 1 is 0.373 bits per heavy atom. The van der Waals surface area contributed by atoms with Crippen LogP contribution in [0.1, 0.15) is 235 Å². The van der Waals surface area contributed by atoms with Gasteiger partial charge in [-0.15, -0.1) is 0 Å². The van der Waals surface area contributed by atoms with E-state index in [0.29, 0.717) is 34.8 Å². The van der Waals surface area contributed by atoms with Crippen LogP contribution in [0, 0.1) is 53.3 Å². The minimum absolute atomic E-state index is 0.122. The second-order valence-electron chi connectivity index (χ2n) is 30.7. The van der Waals surface area contributed by atoms with Crippen LogP contribution < -0.4 is 18.3 Å². The van der Waals surface area contributed by atoms with E-state index in [2.05, 4.69) is 255 Å². The standard InChI is InChI=1S/2C30H37N2.2C18H24N/c2*1-19(2)23-17-25(20(3)4)29(26(18-23)21(5)6)32-28-16-12-11-15-27(28)31(8)30(32)24-14-10-9-13-22(24)7;2*1-13(2)10-16-7-9-18(19(5)12-16)17-8-6-14(3)11-15(17)4/h2*9-21H,1-8H3;2*6-9,11-13H,10H2,1-5H3/q4*+1/i19D,20D,21D;;3D3,10D2;. The largest absolute Gasteiger partial charge is 0.295 e. The topological polar surface area (TPSA) is 25.4 Å². The summed E-state index contributed by atoms with van der Waals surface area (Å²) in [4.78, 5) is 0. The van der Waals surface area contributed by atoms with Crippen molar-refractivity contribution in [3.63, 3.8) is 0 Å². The molecule has 0 aliphatic heterocycles. The predicted molar refractivity (Wildman–Crippen MR) is 436 cm³/mol. The Bertz CT molecular complexity index is 5230. The van der Waals surface area contributed by atoms with Crippen LogP contribution in [-0.4, -0.2) is 9.13 Å². The van der Waals surface area contributed by atoms with E-state index in [4.69, 9.17) is 11.0 Å². The molecule has 0 spiro atoms. The van der Waals surface area contributed by atoms with Crippen molar-refractivity contribution in [3.8, 4) is 56.7 Å². The van der Waals surface area contributed by atoms with E-state index in [0.717, 1.165) is 73.6 Å². The number of fused-ring (bicyclic) bond motifs is 2. The highest BCUT2D eigenvalue weighted by molar-refractivity contribution is 5.83. The number of benzene rings is 8.